The summed E-state index contributed by atoms with van der Waals surface area (Å²) in [5, 5.41) is 0. The van der Waals surface area contributed by atoms with Crippen molar-refractivity contribution in [1.82, 2.24) is 9.80 Å². The summed E-state index contributed by atoms with van der Waals surface area (Å²) in [7, 11) is -3.52. The quantitative estimate of drug-likeness (QED) is 0.214. The van der Waals surface area contributed by atoms with E-state index in [0.717, 1.165) is 19.7 Å². The van der Waals surface area contributed by atoms with Gasteiger partial charge in [-0.3, -0.25) is 29.0 Å². The van der Waals surface area contributed by atoms with Gasteiger partial charge in [-0.1, -0.05) is 66.7 Å². The number of para-hydroxylation sites is 1. The summed E-state index contributed by atoms with van der Waals surface area (Å²) < 4.78 is 56.2. The number of likely N-dealkylation sites (N-methyl/N-ethyl adjacent to an activating group) is 1. The molecule has 2 fully saturated rings. The summed E-state index contributed by atoms with van der Waals surface area (Å²) in [5.74, 6) is -4.06. The fourth-order valence-electron chi connectivity index (χ4n) is 8.27. The van der Waals surface area contributed by atoms with E-state index in [1.165, 1.54) is 40.0 Å². The Morgan fingerprint density at radius 3 is 1.98 bits per heavy atom. The molecule has 312 valence electrons. The number of carbonyl (C=O) groups excluding carboxylic acids is 5. The van der Waals surface area contributed by atoms with E-state index < -0.39 is 86.0 Å². The average Bonchev–Trinajstić information content (AvgIpc) is 3.78. The van der Waals surface area contributed by atoms with Crippen molar-refractivity contribution >= 4 is 51.2 Å². The lowest BCUT2D eigenvalue weighted by molar-refractivity contribution is -0.239. The van der Waals surface area contributed by atoms with Gasteiger partial charge >= 0.3 is 23.8 Å². The Labute approximate surface area is 344 Å². The minimum Gasteiger partial charge on any atom is -0.431 e. The van der Waals surface area contributed by atoms with E-state index in [1.807, 2.05) is 24.3 Å². The third-order valence-corrected chi connectivity index (χ3v) is 12.7. The maximum atomic E-state index is 15.7. The summed E-state index contributed by atoms with van der Waals surface area (Å²) in [6, 6.07) is 21.3. The molecule has 0 unspecified atom stereocenters. The highest BCUT2D eigenvalue weighted by Crippen LogP contribution is 2.67. The molecule has 7 rings (SSSR count). The van der Waals surface area contributed by atoms with Crippen molar-refractivity contribution in [2.75, 3.05) is 11.4 Å². The van der Waals surface area contributed by atoms with Gasteiger partial charge in [0, 0.05) is 7.05 Å². The maximum absolute atomic E-state index is 15.7. The Bertz CT molecular complexity index is 2410. The highest BCUT2D eigenvalue weighted by molar-refractivity contribution is 7.93. The van der Waals surface area contributed by atoms with Gasteiger partial charge in [0.1, 0.15) is 17.2 Å². The molecule has 1 aliphatic carbocycles. The van der Waals surface area contributed by atoms with E-state index >= 15 is 18.0 Å². The molecule has 3 heterocycles. The van der Waals surface area contributed by atoms with Crippen LogP contribution in [0.15, 0.2) is 89.8 Å². The van der Waals surface area contributed by atoms with E-state index in [2.05, 4.69) is 0 Å². The minimum atomic E-state index is -4.72. The Hall–Kier alpha value is -5.70. The van der Waals surface area contributed by atoms with E-state index in [1.54, 1.807) is 90.1 Å². The van der Waals surface area contributed by atoms with Gasteiger partial charge < -0.3 is 18.9 Å². The van der Waals surface area contributed by atoms with E-state index in [0.29, 0.717) is 17.6 Å². The van der Waals surface area contributed by atoms with Gasteiger partial charge in [-0.2, -0.15) is 0 Å². The van der Waals surface area contributed by atoms with Gasteiger partial charge in [0.2, 0.25) is 0 Å². The second kappa shape index (κ2) is 13.7. The molecule has 0 radical (unpaired) electrons. The van der Waals surface area contributed by atoms with Crippen LogP contribution in [0.5, 0.6) is 0 Å². The topological polar surface area (TPSA) is 166 Å². The first-order valence-electron chi connectivity index (χ1n) is 19.3. The molecule has 0 spiro atoms. The molecule has 15 heteroatoms. The second-order valence-corrected chi connectivity index (χ2v) is 20.1. The molecule has 3 aliphatic heterocycles. The van der Waals surface area contributed by atoms with Crippen LogP contribution in [0.4, 0.5) is 10.5 Å². The number of fused-ring (bicyclic) bond motifs is 6. The minimum absolute atomic E-state index is 0.0996. The predicted octanol–water partition coefficient (Wildman–Crippen LogP) is 5.93. The van der Waals surface area contributed by atoms with Crippen LogP contribution < -0.4 is 4.31 Å². The molecule has 2 saturated heterocycles. The number of esters is 2. The molecule has 2 amide bonds. The van der Waals surface area contributed by atoms with Crippen molar-refractivity contribution in [3.63, 3.8) is 0 Å². The number of carbonyl (C=O) groups is 5. The normalized spacial score (nSPS) is 25.1. The number of hydrogen-bond acceptors (Lipinski definition) is 11. The average molecular weight is 828 g/mol. The van der Waals surface area contributed by atoms with Crippen molar-refractivity contribution in [3.05, 3.63) is 102 Å². The number of rotatable bonds is 6. The molecule has 3 aromatic carbocycles. The number of nitrogens with zero attached hydrogens (tertiary/aromatic N) is 3. The largest absolute Gasteiger partial charge is 0.509 e. The van der Waals surface area contributed by atoms with Gasteiger partial charge in [0.15, 0.2) is 6.10 Å². The third-order valence-electron chi connectivity index (χ3n) is 10.9. The number of allylic oxidation sites excluding steroid dienone is 1. The summed E-state index contributed by atoms with van der Waals surface area (Å²) in [5.41, 5.74) is -6.37. The number of ether oxygens (including phenoxy) is 4. The van der Waals surface area contributed by atoms with Crippen LogP contribution in [0, 0.1) is 10.8 Å². The first kappa shape index (κ1) is 41.5. The van der Waals surface area contributed by atoms with Crippen molar-refractivity contribution in [1.29, 1.82) is 0 Å². The summed E-state index contributed by atoms with van der Waals surface area (Å²) >= 11 is 0. The zero-order valence-corrected chi connectivity index (χ0v) is 35.6. The Kier molecular flexibility index (Phi) is 9.61. The Morgan fingerprint density at radius 1 is 0.763 bits per heavy atom. The fourth-order valence-corrected chi connectivity index (χ4v) is 9.94. The first-order valence-corrected chi connectivity index (χ1v) is 20.8. The fraction of sp³-hybridized carbons (Fsp3) is 0.432. The molecule has 59 heavy (non-hydrogen) atoms. The lowest BCUT2D eigenvalue weighted by atomic mass is 9.67. The molecular weight excluding hydrogens is 779 g/mol. The highest BCUT2D eigenvalue weighted by Gasteiger charge is 2.84. The zero-order valence-electron chi connectivity index (χ0n) is 34.8. The number of benzene rings is 3. The highest BCUT2D eigenvalue weighted by atomic mass is 32.2. The van der Waals surface area contributed by atoms with Gasteiger partial charge in [-0.25, -0.2) is 17.5 Å². The second-order valence-electron chi connectivity index (χ2n) is 18.3. The van der Waals surface area contributed by atoms with E-state index in [4.69, 9.17) is 18.9 Å². The number of sulfonamides is 1. The lowest BCUT2D eigenvalue weighted by Crippen LogP contribution is -2.76. The molecule has 0 bridgehead atoms. The summed E-state index contributed by atoms with van der Waals surface area (Å²) in [6.07, 6.45) is -4.92. The molecule has 0 saturated carbocycles. The molecule has 0 N–H and O–H groups in total. The van der Waals surface area contributed by atoms with Crippen molar-refractivity contribution < 1.29 is 51.3 Å². The van der Waals surface area contributed by atoms with Gasteiger partial charge in [0.25, 0.3) is 28.1 Å². The molecule has 5 atom stereocenters. The molecule has 3 aromatic rings. The van der Waals surface area contributed by atoms with Crippen molar-refractivity contribution in [2.45, 2.75) is 109 Å². The van der Waals surface area contributed by atoms with Crippen LogP contribution in [0.1, 0.15) is 79.0 Å². The lowest BCUT2D eigenvalue weighted by Gasteiger charge is -2.49. The van der Waals surface area contributed by atoms with Gasteiger partial charge in [-0.05, 0) is 109 Å². The maximum Gasteiger partial charge on any atom is 0.509 e. The number of amides is 2. The van der Waals surface area contributed by atoms with E-state index in [9.17, 15) is 14.4 Å². The SMILES string of the molecule is CN1C(=O)[C@@]2(OC(=O)C(C)(C)C)[C@@H](OC(=O)OC(C)(C)C)[C@]3(C4=CCc5ccccc54)c4ccccc4N(S(=O)(=O)c4ccccc4)[C@@H]3N2C(=O)[C@H]1OC(=O)C(C)(C)C. The van der Waals surface area contributed by atoms with Crippen LogP contribution >= 0.6 is 0 Å². The van der Waals surface area contributed by atoms with Crippen LogP contribution in [0.3, 0.4) is 0 Å². The van der Waals surface area contributed by atoms with Gasteiger partial charge in [0.05, 0.1) is 21.4 Å². The smallest absolute Gasteiger partial charge is 0.431 e. The Balaban J connectivity index is 1.65. The van der Waals surface area contributed by atoms with Crippen LogP contribution in [-0.4, -0.2) is 85.0 Å². The van der Waals surface area contributed by atoms with E-state index in [-0.39, 0.29) is 16.1 Å². The standard InChI is InChI=1S/C44H49N3O11S/c1-40(2,3)37(50)55-33-32(48)46-35-43(29-25-24-26-18-14-15-21-28(26)29,30-22-16-17-23-31(30)47(35)59(53,54)27-19-12-11-13-20-27)34(56-39(52)58-42(7,8)9)44(46,36(49)45(33)10)57-38(51)41(4,5)6/h11-23,25,33-35H,24H2,1-10H3/t33-,34+,35+,43+,44+/m1/s1. The van der Waals surface area contributed by atoms with Crippen LogP contribution in [0.25, 0.3) is 5.57 Å². The summed E-state index contributed by atoms with van der Waals surface area (Å²) in [4.78, 5) is 75.1. The monoisotopic (exact) mass is 827 g/mol. The number of anilines is 1. The van der Waals surface area contributed by atoms with Crippen LogP contribution in [-0.2, 0) is 60.0 Å². The first-order chi connectivity index (χ1) is 27.4. The molecular formula is C44H49N3O11S. The third kappa shape index (κ3) is 6.27. The number of hydrogen-bond donors (Lipinski definition) is 0. The molecule has 14 nitrogen and oxygen atoms in total. The Morgan fingerprint density at radius 2 is 1.36 bits per heavy atom. The molecule has 0 aromatic heterocycles. The van der Waals surface area contributed by atoms with Gasteiger partial charge in [-0.15, -0.1) is 0 Å². The van der Waals surface area contributed by atoms with Crippen molar-refractivity contribution in [2.24, 2.45) is 10.8 Å². The van der Waals surface area contributed by atoms with Crippen molar-refractivity contribution in [3.8, 4) is 0 Å². The zero-order chi connectivity index (χ0) is 43.2. The predicted molar refractivity (Wildman–Crippen MR) is 214 cm³/mol. The molecule has 4 aliphatic rings. The summed E-state index contributed by atoms with van der Waals surface area (Å²) in [6.45, 7) is 14.1. The van der Waals surface area contributed by atoms with Crippen LogP contribution in [0.2, 0.25) is 0 Å². The number of piperazine rings is 1.